The summed E-state index contributed by atoms with van der Waals surface area (Å²) in [7, 11) is 4.93. The van der Waals surface area contributed by atoms with Crippen molar-refractivity contribution in [1.82, 2.24) is 5.32 Å². The Bertz CT molecular complexity index is 377. The van der Waals surface area contributed by atoms with Crippen molar-refractivity contribution in [1.29, 1.82) is 0 Å². The van der Waals surface area contributed by atoms with E-state index >= 15 is 0 Å². The Morgan fingerprint density at radius 2 is 2.12 bits per heavy atom. The van der Waals surface area contributed by atoms with E-state index in [1.807, 2.05) is 19.2 Å². The van der Waals surface area contributed by atoms with Crippen molar-refractivity contribution in [2.45, 2.75) is 19.4 Å². The maximum Gasteiger partial charge on any atom is 0.305 e. The van der Waals surface area contributed by atoms with Crippen LogP contribution < -0.4 is 10.1 Å². The van der Waals surface area contributed by atoms with E-state index < -0.39 is 0 Å². The number of hydrogen-bond acceptors (Lipinski definition) is 4. The van der Waals surface area contributed by atoms with Gasteiger partial charge < -0.3 is 14.8 Å². The van der Waals surface area contributed by atoms with Gasteiger partial charge in [0.15, 0.2) is 0 Å². The van der Waals surface area contributed by atoms with E-state index in [1.54, 1.807) is 7.11 Å². The molecule has 0 atom stereocenters. The van der Waals surface area contributed by atoms with Crippen LogP contribution in [0, 0.1) is 0 Å². The van der Waals surface area contributed by atoms with Crippen molar-refractivity contribution in [3.8, 4) is 5.75 Å². The first-order chi connectivity index (χ1) is 8.21. The number of hydrogen-bond donors (Lipinski definition) is 1. The number of benzene rings is 1. The van der Waals surface area contributed by atoms with E-state index in [-0.39, 0.29) is 5.97 Å². The summed E-state index contributed by atoms with van der Waals surface area (Å²) in [6.45, 7) is 0.801. The Morgan fingerprint density at radius 1 is 1.35 bits per heavy atom. The van der Waals surface area contributed by atoms with E-state index in [0.717, 1.165) is 17.9 Å². The Labute approximate surface area is 102 Å². The van der Waals surface area contributed by atoms with Crippen molar-refractivity contribution in [2.75, 3.05) is 21.3 Å². The average molecular weight is 237 g/mol. The lowest BCUT2D eigenvalue weighted by Crippen LogP contribution is -2.07. The van der Waals surface area contributed by atoms with Gasteiger partial charge >= 0.3 is 5.97 Å². The largest absolute Gasteiger partial charge is 0.496 e. The molecule has 0 unspecified atom stereocenters. The summed E-state index contributed by atoms with van der Waals surface area (Å²) in [5.74, 6) is 0.611. The van der Waals surface area contributed by atoms with Crippen LogP contribution in [-0.4, -0.2) is 27.2 Å². The van der Waals surface area contributed by atoms with Gasteiger partial charge in [0, 0.05) is 13.0 Å². The molecule has 4 heteroatoms. The SMILES string of the molecule is CNCc1ccc(OC)c(CCC(=O)OC)c1. The fourth-order valence-corrected chi connectivity index (χ4v) is 1.68. The standard InChI is InChI=1S/C13H19NO3/c1-14-9-10-4-6-12(16-2)11(8-10)5-7-13(15)17-3/h4,6,8,14H,5,7,9H2,1-3H3. The molecule has 0 saturated carbocycles. The molecule has 0 aromatic heterocycles. The van der Waals surface area contributed by atoms with Crippen molar-refractivity contribution >= 4 is 5.97 Å². The molecule has 0 spiro atoms. The third kappa shape index (κ3) is 4.07. The molecule has 0 heterocycles. The lowest BCUT2D eigenvalue weighted by atomic mass is 10.0. The highest BCUT2D eigenvalue weighted by atomic mass is 16.5. The molecule has 0 amide bonds. The first kappa shape index (κ1) is 13.5. The molecule has 0 saturated heterocycles. The summed E-state index contributed by atoms with van der Waals surface area (Å²) in [6.07, 6.45) is 1.00. The molecule has 1 N–H and O–H groups in total. The maximum absolute atomic E-state index is 11.1. The van der Waals surface area contributed by atoms with E-state index in [0.29, 0.717) is 12.8 Å². The minimum absolute atomic E-state index is 0.203. The normalized spacial score (nSPS) is 10.1. The minimum atomic E-state index is -0.203. The van der Waals surface area contributed by atoms with Crippen LogP contribution in [0.2, 0.25) is 0 Å². The number of carbonyl (C=O) groups excluding carboxylic acids is 1. The maximum atomic E-state index is 11.1. The van der Waals surface area contributed by atoms with Gasteiger partial charge in [0.1, 0.15) is 5.75 Å². The number of esters is 1. The number of ether oxygens (including phenoxy) is 2. The predicted molar refractivity (Wildman–Crippen MR) is 66.1 cm³/mol. The summed E-state index contributed by atoms with van der Waals surface area (Å²) in [4.78, 5) is 11.1. The number of aryl methyl sites for hydroxylation is 1. The number of rotatable bonds is 6. The van der Waals surface area contributed by atoms with Crippen LogP contribution in [0.25, 0.3) is 0 Å². The molecule has 0 aliphatic rings. The molecule has 0 aliphatic heterocycles. The van der Waals surface area contributed by atoms with E-state index in [4.69, 9.17) is 4.74 Å². The summed E-state index contributed by atoms with van der Waals surface area (Å²) < 4.78 is 9.90. The first-order valence-corrected chi connectivity index (χ1v) is 5.58. The van der Waals surface area contributed by atoms with Crippen molar-refractivity contribution in [2.24, 2.45) is 0 Å². The van der Waals surface area contributed by atoms with Crippen LogP contribution in [0.1, 0.15) is 17.5 Å². The Morgan fingerprint density at radius 3 is 2.71 bits per heavy atom. The van der Waals surface area contributed by atoms with Crippen LogP contribution in [0.5, 0.6) is 5.75 Å². The van der Waals surface area contributed by atoms with Crippen LogP contribution in [0.4, 0.5) is 0 Å². The topological polar surface area (TPSA) is 47.6 Å². The third-order valence-electron chi connectivity index (χ3n) is 2.55. The van der Waals surface area contributed by atoms with Crippen molar-refractivity contribution < 1.29 is 14.3 Å². The van der Waals surface area contributed by atoms with Crippen LogP contribution in [0.3, 0.4) is 0 Å². The Balaban J connectivity index is 2.78. The van der Waals surface area contributed by atoms with Crippen LogP contribution in [-0.2, 0) is 22.5 Å². The van der Waals surface area contributed by atoms with Gasteiger partial charge in [0.25, 0.3) is 0 Å². The van der Waals surface area contributed by atoms with E-state index in [2.05, 4.69) is 16.1 Å². The number of methoxy groups -OCH3 is 2. The summed E-state index contributed by atoms with van der Waals surface area (Å²) in [6, 6.07) is 5.99. The molecular weight excluding hydrogens is 218 g/mol. The first-order valence-electron chi connectivity index (χ1n) is 5.58. The van der Waals surface area contributed by atoms with Crippen molar-refractivity contribution in [3.63, 3.8) is 0 Å². The van der Waals surface area contributed by atoms with Gasteiger partial charge in [0.2, 0.25) is 0 Å². The second kappa shape index (κ2) is 6.91. The monoisotopic (exact) mass is 237 g/mol. The zero-order valence-corrected chi connectivity index (χ0v) is 10.6. The highest BCUT2D eigenvalue weighted by Crippen LogP contribution is 2.21. The average Bonchev–Trinajstić information content (AvgIpc) is 2.36. The highest BCUT2D eigenvalue weighted by molar-refractivity contribution is 5.69. The van der Waals surface area contributed by atoms with Gasteiger partial charge in [0.05, 0.1) is 14.2 Å². The smallest absolute Gasteiger partial charge is 0.305 e. The zero-order valence-electron chi connectivity index (χ0n) is 10.6. The van der Waals surface area contributed by atoms with Gasteiger partial charge in [-0.05, 0) is 30.7 Å². The fraction of sp³-hybridized carbons (Fsp3) is 0.462. The van der Waals surface area contributed by atoms with Crippen LogP contribution in [0.15, 0.2) is 18.2 Å². The quantitative estimate of drug-likeness (QED) is 0.762. The molecule has 17 heavy (non-hydrogen) atoms. The Kier molecular flexibility index (Phi) is 5.49. The lowest BCUT2D eigenvalue weighted by molar-refractivity contribution is -0.140. The van der Waals surface area contributed by atoms with Gasteiger partial charge in [-0.25, -0.2) is 0 Å². The highest BCUT2D eigenvalue weighted by Gasteiger charge is 2.07. The molecule has 0 fully saturated rings. The fourth-order valence-electron chi connectivity index (χ4n) is 1.68. The van der Waals surface area contributed by atoms with Gasteiger partial charge in [-0.15, -0.1) is 0 Å². The molecule has 0 bridgehead atoms. The number of nitrogens with one attached hydrogen (secondary N) is 1. The third-order valence-corrected chi connectivity index (χ3v) is 2.55. The zero-order chi connectivity index (χ0) is 12.7. The van der Waals surface area contributed by atoms with Gasteiger partial charge in [-0.2, -0.15) is 0 Å². The van der Waals surface area contributed by atoms with E-state index in [1.165, 1.54) is 12.7 Å². The van der Waals surface area contributed by atoms with Gasteiger partial charge in [-0.3, -0.25) is 4.79 Å². The Hall–Kier alpha value is -1.55. The molecule has 1 rings (SSSR count). The lowest BCUT2D eigenvalue weighted by Gasteiger charge is -2.10. The minimum Gasteiger partial charge on any atom is -0.496 e. The summed E-state index contributed by atoms with van der Waals surface area (Å²) >= 11 is 0. The molecule has 0 aliphatic carbocycles. The molecule has 1 aromatic carbocycles. The molecule has 0 radical (unpaired) electrons. The second-order valence-electron chi connectivity index (χ2n) is 3.75. The van der Waals surface area contributed by atoms with Gasteiger partial charge in [-0.1, -0.05) is 12.1 Å². The van der Waals surface area contributed by atoms with Crippen LogP contribution >= 0.6 is 0 Å². The summed E-state index contributed by atoms with van der Waals surface area (Å²) in [5, 5.41) is 3.09. The molecule has 1 aromatic rings. The molecule has 4 nitrogen and oxygen atoms in total. The van der Waals surface area contributed by atoms with E-state index in [9.17, 15) is 4.79 Å². The van der Waals surface area contributed by atoms with Crippen molar-refractivity contribution in [3.05, 3.63) is 29.3 Å². The second-order valence-corrected chi connectivity index (χ2v) is 3.75. The predicted octanol–water partition coefficient (Wildman–Crippen LogP) is 1.52. The number of carbonyl (C=O) groups is 1. The molecule has 94 valence electrons. The summed E-state index contributed by atoms with van der Waals surface area (Å²) in [5.41, 5.74) is 2.21. The molecular formula is C13H19NO3.